The van der Waals surface area contributed by atoms with E-state index in [0.29, 0.717) is 0 Å². The normalized spacial score (nSPS) is 12.4. The summed E-state index contributed by atoms with van der Waals surface area (Å²) in [5.74, 6) is 0. The molecule has 1 N–H and O–H groups in total. The van der Waals surface area contributed by atoms with Crippen LogP contribution in [0.1, 0.15) is 23.0 Å². The first-order valence-electron chi connectivity index (χ1n) is 5.57. The molecule has 3 heteroatoms. The van der Waals surface area contributed by atoms with Crippen molar-refractivity contribution < 1.29 is 0 Å². The van der Waals surface area contributed by atoms with E-state index >= 15 is 0 Å². The smallest absolute Gasteiger partial charge is 0.0749 e. The number of rotatable bonds is 3. The Morgan fingerprint density at radius 2 is 1.94 bits per heavy atom. The summed E-state index contributed by atoms with van der Waals surface area (Å²) >= 11 is 6.02. The Bertz CT molecular complexity index is 466. The Kier molecular flexibility index (Phi) is 3.77. The van der Waals surface area contributed by atoms with Gasteiger partial charge in [0.05, 0.1) is 11.7 Å². The number of aromatic nitrogens is 1. The summed E-state index contributed by atoms with van der Waals surface area (Å²) in [5.41, 5.74) is 3.15. The number of benzene rings is 1. The summed E-state index contributed by atoms with van der Waals surface area (Å²) in [7, 11) is 1.93. The standard InChI is InChI=1S/C14H15ClN2/c1-10-5-3-8-13(17-10)14(16-2)11-6-4-7-12(15)9-11/h3-9,14,16H,1-2H3. The van der Waals surface area contributed by atoms with Gasteiger partial charge in [0.2, 0.25) is 0 Å². The van der Waals surface area contributed by atoms with Crippen molar-refractivity contribution in [3.05, 3.63) is 64.4 Å². The first-order valence-corrected chi connectivity index (χ1v) is 5.95. The van der Waals surface area contributed by atoms with E-state index in [1.807, 2.05) is 50.4 Å². The first kappa shape index (κ1) is 12.1. The van der Waals surface area contributed by atoms with Crippen molar-refractivity contribution in [3.63, 3.8) is 0 Å². The quantitative estimate of drug-likeness (QED) is 0.899. The molecule has 0 aliphatic heterocycles. The van der Waals surface area contributed by atoms with Crippen LogP contribution in [0.25, 0.3) is 0 Å². The van der Waals surface area contributed by atoms with E-state index in [1.165, 1.54) is 0 Å². The van der Waals surface area contributed by atoms with Crippen LogP contribution in [0.15, 0.2) is 42.5 Å². The SMILES string of the molecule is CNC(c1cccc(Cl)c1)c1cccc(C)n1. The fraction of sp³-hybridized carbons (Fsp3) is 0.214. The number of nitrogens with zero attached hydrogens (tertiary/aromatic N) is 1. The Labute approximate surface area is 107 Å². The molecule has 2 rings (SSSR count). The van der Waals surface area contributed by atoms with Crippen molar-refractivity contribution in [2.75, 3.05) is 7.05 Å². The van der Waals surface area contributed by atoms with E-state index < -0.39 is 0 Å². The Morgan fingerprint density at radius 3 is 2.59 bits per heavy atom. The molecule has 1 unspecified atom stereocenters. The van der Waals surface area contributed by atoms with Crippen molar-refractivity contribution in [2.45, 2.75) is 13.0 Å². The van der Waals surface area contributed by atoms with E-state index in [9.17, 15) is 0 Å². The van der Waals surface area contributed by atoms with Crippen LogP contribution in [0.4, 0.5) is 0 Å². The summed E-state index contributed by atoms with van der Waals surface area (Å²) in [6.45, 7) is 1.99. The zero-order chi connectivity index (χ0) is 12.3. The second-order valence-electron chi connectivity index (χ2n) is 3.98. The molecular formula is C14H15ClN2. The average molecular weight is 247 g/mol. The maximum Gasteiger partial charge on any atom is 0.0749 e. The molecule has 0 spiro atoms. The van der Waals surface area contributed by atoms with Crippen LogP contribution in [0.5, 0.6) is 0 Å². The molecule has 2 nitrogen and oxygen atoms in total. The molecule has 0 amide bonds. The van der Waals surface area contributed by atoms with Crippen molar-refractivity contribution in [2.24, 2.45) is 0 Å². The molecule has 1 aromatic heterocycles. The Hall–Kier alpha value is -1.38. The fourth-order valence-electron chi connectivity index (χ4n) is 1.90. The highest BCUT2D eigenvalue weighted by Crippen LogP contribution is 2.22. The van der Waals surface area contributed by atoms with Crippen LogP contribution in [-0.2, 0) is 0 Å². The molecule has 1 atom stereocenters. The molecule has 0 aliphatic carbocycles. The van der Waals surface area contributed by atoms with E-state index in [0.717, 1.165) is 22.0 Å². The molecule has 2 aromatic rings. The van der Waals surface area contributed by atoms with Crippen molar-refractivity contribution in [3.8, 4) is 0 Å². The number of hydrogen-bond donors (Lipinski definition) is 1. The highest BCUT2D eigenvalue weighted by atomic mass is 35.5. The fourth-order valence-corrected chi connectivity index (χ4v) is 2.10. The molecule has 0 bridgehead atoms. The van der Waals surface area contributed by atoms with Gasteiger partial charge in [0.1, 0.15) is 0 Å². The third-order valence-corrected chi connectivity index (χ3v) is 2.91. The van der Waals surface area contributed by atoms with E-state index in [-0.39, 0.29) is 6.04 Å². The van der Waals surface area contributed by atoms with Crippen LogP contribution < -0.4 is 5.32 Å². The number of aryl methyl sites for hydroxylation is 1. The summed E-state index contributed by atoms with van der Waals surface area (Å²) in [4.78, 5) is 4.54. The molecular weight excluding hydrogens is 232 g/mol. The van der Waals surface area contributed by atoms with Gasteiger partial charge in [-0.05, 0) is 43.8 Å². The van der Waals surface area contributed by atoms with E-state index in [4.69, 9.17) is 11.6 Å². The number of nitrogens with one attached hydrogen (secondary N) is 1. The number of halogens is 1. The third-order valence-electron chi connectivity index (χ3n) is 2.68. The highest BCUT2D eigenvalue weighted by molar-refractivity contribution is 6.30. The van der Waals surface area contributed by atoms with Crippen LogP contribution >= 0.6 is 11.6 Å². The van der Waals surface area contributed by atoms with E-state index in [2.05, 4.69) is 16.4 Å². The summed E-state index contributed by atoms with van der Waals surface area (Å²) in [5, 5.41) is 4.01. The molecule has 0 saturated carbocycles. The maximum atomic E-state index is 6.02. The molecule has 0 saturated heterocycles. The third kappa shape index (κ3) is 2.84. The highest BCUT2D eigenvalue weighted by Gasteiger charge is 2.13. The van der Waals surface area contributed by atoms with Crippen molar-refractivity contribution in [1.82, 2.24) is 10.3 Å². The molecule has 0 fully saturated rings. The van der Waals surface area contributed by atoms with Gasteiger partial charge >= 0.3 is 0 Å². The largest absolute Gasteiger partial charge is 0.308 e. The van der Waals surface area contributed by atoms with Crippen LogP contribution in [-0.4, -0.2) is 12.0 Å². The van der Waals surface area contributed by atoms with Gasteiger partial charge in [-0.1, -0.05) is 29.8 Å². The summed E-state index contributed by atoms with van der Waals surface area (Å²) in [6.07, 6.45) is 0. The molecule has 0 aliphatic rings. The topological polar surface area (TPSA) is 24.9 Å². The minimum absolute atomic E-state index is 0.0774. The predicted octanol–water partition coefficient (Wildman–Crippen LogP) is 3.35. The lowest BCUT2D eigenvalue weighted by atomic mass is 10.0. The first-order chi connectivity index (χ1) is 8.20. The van der Waals surface area contributed by atoms with Crippen LogP contribution in [0, 0.1) is 6.92 Å². The van der Waals surface area contributed by atoms with Gasteiger partial charge in [0, 0.05) is 10.7 Å². The van der Waals surface area contributed by atoms with Gasteiger partial charge < -0.3 is 5.32 Å². The number of pyridine rings is 1. The molecule has 17 heavy (non-hydrogen) atoms. The second-order valence-corrected chi connectivity index (χ2v) is 4.42. The zero-order valence-corrected chi connectivity index (χ0v) is 10.7. The van der Waals surface area contributed by atoms with Gasteiger partial charge in [0.25, 0.3) is 0 Å². The summed E-state index contributed by atoms with van der Waals surface area (Å²) in [6, 6.07) is 14.0. The Morgan fingerprint density at radius 1 is 1.18 bits per heavy atom. The minimum atomic E-state index is 0.0774. The molecule has 0 radical (unpaired) electrons. The lowest BCUT2D eigenvalue weighted by Gasteiger charge is -2.16. The van der Waals surface area contributed by atoms with Gasteiger partial charge in [0.15, 0.2) is 0 Å². The molecule has 88 valence electrons. The lowest BCUT2D eigenvalue weighted by molar-refractivity contribution is 0.669. The van der Waals surface area contributed by atoms with E-state index in [1.54, 1.807) is 0 Å². The average Bonchev–Trinajstić information content (AvgIpc) is 2.30. The minimum Gasteiger partial charge on any atom is -0.308 e. The van der Waals surface area contributed by atoms with Gasteiger partial charge in [-0.15, -0.1) is 0 Å². The molecule has 1 heterocycles. The lowest BCUT2D eigenvalue weighted by Crippen LogP contribution is -2.19. The zero-order valence-electron chi connectivity index (χ0n) is 9.94. The van der Waals surface area contributed by atoms with Crippen LogP contribution in [0.2, 0.25) is 5.02 Å². The van der Waals surface area contributed by atoms with Crippen LogP contribution in [0.3, 0.4) is 0 Å². The monoisotopic (exact) mass is 246 g/mol. The van der Waals surface area contributed by atoms with Crippen molar-refractivity contribution >= 4 is 11.6 Å². The Balaban J connectivity index is 2.40. The number of hydrogen-bond acceptors (Lipinski definition) is 2. The van der Waals surface area contributed by atoms with Crippen molar-refractivity contribution in [1.29, 1.82) is 0 Å². The van der Waals surface area contributed by atoms with Gasteiger partial charge in [-0.3, -0.25) is 4.98 Å². The maximum absolute atomic E-state index is 6.02. The van der Waals surface area contributed by atoms with Gasteiger partial charge in [-0.2, -0.15) is 0 Å². The molecule has 1 aromatic carbocycles. The summed E-state index contributed by atoms with van der Waals surface area (Å²) < 4.78 is 0. The predicted molar refractivity (Wildman–Crippen MR) is 71.3 cm³/mol. The van der Waals surface area contributed by atoms with Gasteiger partial charge in [-0.25, -0.2) is 0 Å². The second kappa shape index (κ2) is 5.30.